The fourth-order valence-corrected chi connectivity index (χ4v) is 4.48. The van der Waals surface area contributed by atoms with Gasteiger partial charge in [-0.3, -0.25) is 4.90 Å². The van der Waals surface area contributed by atoms with Crippen LogP contribution in [-0.4, -0.2) is 77.6 Å². The van der Waals surface area contributed by atoms with Crippen LogP contribution in [0.1, 0.15) is 26.2 Å². The highest BCUT2D eigenvalue weighted by Gasteiger charge is 2.49. The third-order valence-corrected chi connectivity index (χ3v) is 5.70. The molecule has 4 rings (SSSR count). The maximum Gasteiger partial charge on any atom is 0.322 e. The van der Waals surface area contributed by atoms with Crippen molar-refractivity contribution in [3.63, 3.8) is 0 Å². The largest absolute Gasteiger partial charge is 0.461 e. The van der Waals surface area contributed by atoms with Gasteiger partial charge in [-0.05, 0) is 36.9 Å². The average Bonchev–Trinajstić information content (AvgIpc) is 3.01. The normalized spacial score (nSPS) is 32.5. The minimum absolute atomic E-state index is 0.110. The van der Waals surface area contributed by atoms with Gasteiger partial charge in [0.15, 0.2) is 0 Å². The molecule has 0 N–H and O–H groups in total. The Morgan fingerprint density at radius 3 is 3.08 bits per heavy atom. The first-order chi connectivity index (χ1) is 12.5. The van der Waals surface area contributed by atoms with Gasteiger partial charge < -0.3 is 14.4 Å². The Labute approximate surface area is 157 Å². The Morgan fingerprint density at radius 1 is 1.31 bits per heavy atom. The van der Waals surface area contributed by atoms with E-state index in [9.17, 15) is 4.39 Å². The van der Waals surface area contributed by atoms with Gasteiger partial charge in [-0.2, -0.15) is 15.0 Å². The van der Waals surface area contributed by atoms with E-state index in [1.54, 1.807) is 0 Å². The highest BCUT2D eigenvalue weighted by molar-refractivity contribution is 6.28. The Bertz CT molecular complexity index is 654. The van der Waals surface area contributed by atoms with E-state index in [0.717, 1.165) is 32.5 Å². The summed E-state index contributed by atoms with van der Waals surface area (Å²) in [5, 5.41) is 0.110. The van der Waals surface area contributed by atoms with Crippen molar-refractivity contribution in [3.05, 3.63) is 5.28 Å². The van der Waals surface area contributed by atoms with Crippen molar-refractivity contribution in [1.82, 2.24) is 19.9 Å². The molecular formula is C17H25ClFN5O2. The third-order valence-electron chi connectivity index (χ3n) is 5.53. The first-order valence-electron chi connectivity index (χ1n) is 9.30. The number of hydrogen-bond acceptors (Lipinski definition) is 7. The number of fused-ring (bicyclic) bond motifs is 1. The first kappa shape index (κ1) is 18.1. The molecule has 7 nitrogen and oxygen atoms in total. The third kappa shape index (κ3) is 3.73. The second-order valence-electron chi connectivity index (χ2n) is 7.68. The number of rotatable bonds is 4. The lowest BCUT2D eigenvalue weighted by molar-refractivity contribution is 0.107. The summed E-state index contributed by atoms with van der Waals surface area (Å²) in [5.74, 6) is 0.885. The summed E-state index contributed by atoms with van der Waals surface area (Å²) >= 11 is 6.10. The maximum atomic E-state index is 13.9. The fourth-order valence-electron chi connectivity index (χ4n) is 4.34. The van der Waals surface area contributed by atoms with Crippen molar-refractivity contribution in [2.75, 3.05) is 50.9 Å². The molecule has 0 bridgehead atoms. The average molecular weight is 386 g/mol. The van der Waals surface area contributed by atoms with Gasteiger partial charge in [0.25, 0.3) is 0 Å². The summed E-state index contributed by atoms with van der Waals surface area (Å²) < 4.78 is 25.4. The predicted molar refractivity (Wildman–Crippen MR) is 95.6 cm³/mol. The summed E-state index contributed by atoms with van der Waals surface area (Å²) in [4.78, 5) is 17.1. The predicted octanol–water partition coefficient (Wildman–Crippen LogP) is 1.95. The van der Waals surface area contributed by atoms with Crippen LogP contribution in [0, 0.1) is 5.92 Å². The molecule has 0 aromatic carbocycles. The van der Waals surface area contributed by atoms with Crippen molar-refractivity contribution in [2.45, 2.75) is 37.9 Å². The molecule has 3 saturated heterocycles. The van der Waals surface area contributed by atoms with Crippen LogP contribution in [0.15, 0.2) is 0 Å². The molecule has 0 aliphatic carbocycles. The van der Waals surface area contributed by atoms with E-state index in [1.807, 2.05) is 4.90 Å². The van der Waals surface area contributed by atoms with Gasteiger partial charge in [0.1, 0.15) is 12.8 Å². The minimum Gasteiger partial charge on any atom is -0.461 e. The van der Waals surface area contributed by atoms with Crippen molar-refractivity contribution in [1.29, 1.82) is 0 Å². The number of hydrogen-bond donors (Lipinski definition) is 0. The Balaban J connectivity index is 1.48. The zero-order valence-electron chi connectivity index (χ0n) is 15.0. The summed E-state index contributed by atoms with van der Waals surface area (Å²) in [5.41, 5.74) is -0.232. The van der Waals surface area contributed by atoms with E-state index in [2.05, 4.69) is 26.8 Å². The second-order valence-corrected chi connectivity index (χ2v) is 8.02. The molecule has 144 valence electrons. The lowest BCUT2D eigenvalue weighted by atomic mass is 9.95. The number of nitrogens with zero attached hydrogens (tertiary/aromatic N) is 5. The molecule has 3 aliphatic heterocycles. The van der Waals surface area contributed by atoms with Crippen LogP contribution in [0.25, 0.3) is 0 Å². The summed E-state index contributed by atoms with van der Waals surface area (Å²) in [6, 6.07) is 0.210. The lowest BCUT2D eigenvalue weighted by Crippen LogP contribution is -2.43. The van der Waals surface area contributed by atoms with Crippen LogP contribution in [0.5, 0.6) is 6.01 Å². The number of aromatic nitrogens is 3. The smallest absolute Gasteiger partial charge is 0.322 e. The Kier molecular flexibility index (Phi) is 5.16. The fraction of sp³-hybridized carbons (Fsp3) is 0.824. The van der Waals surface area contributed by atoms with Gasteiger partial charge in [0.05, 0.1) is 18.8 Å². The standard InChI is InChI=1S/C17H25ClFN5O2/c1-12-8-23(5-6-25-10-12)15-20-14(18)21-16(22-15)26-11-17-3-2-4-24(17)9-13(19)7-17/h12-13H,2-11H2,1H3/t12?,13-,17+/m1/s1. The van der Waals surface area contributed by atoms with E-state index < -0.39 is 6.17 Å². The number of alkyl halides is 1. The quantitative estimate of drug-likeness (QED) is 0.784. The summed E-state index contributed by atoms with van der Waals surface area (Å²) in [6.45, 7) is 6.77. The molecule has 3 atom stereocenters. The Morgan fingerprint density at radius 2 is 2.19 bits per heavy atom. The van der Waals surface area contributed by atoms with Crippen molar-refractivity contribution in [3.8, 4) is 6.01 Å². The van der Waals surface area contributed by atoms with Crippen molar-refractivity contribution < 1.29 is 13.9 Å². The number of anilines is 1. The van der Waals surface area contributed by atoms with Crippen molar-refractivity contribution in [2.24, 2.45) is 5.92 Å². The van der Waals surface area contributed by atoms with Crippen LogP contribution in [0.4, 0.5) is 10.3 Å². The van der Waals surface area contributed by atoms with Crippen LogP contribution in [-0.2, 0) is 4.74 Å². The van der Waals surface area contributed by atoms with Gasteiger partial charge >= 0.3 is 6.01 Å². The molecule has 9 heteroatoms. The highest BCUT2D eigenvalue weighted by Crippen LogP contribution is 2.40. The van der Waals surface area contributed by atoms with Gasteiger partial charge in [0, 0.05) is 26.1 Å². The minimum atomic E-state index is -0.782. The first-order valence-corrected chi connectivity index (χ1v) is 9.68. The molecule has 4 heterocycles. The molecule has 1 aromatic rings. The van der Waals surface area contributed by atoms with Gasteiger partial charge in [-0.25, -0.2) is 4.39 Å². The molecule has 0 spiro atoms. The SMILES string of the molecule is CC1COCCN(c2nc(Cl)nc(OC[C@@]34CCCN3C[C@H](F)C4)n2)C1. The van der Waals surface area contributed by atoms with Crippen LogP contribution < -0.4 is 9.64 Å². The number of halogens is 2. The molecule has 26 heavy (non-hydrogen) atoms. The molecule has 3 fully saturated rings. The molecule has 1 unspecified atom stereocenters. The van der Waals surface area contributed by atoms with Gasteiger partial charge in [-0.15, -0.1) is 0 Å². The zero-order chi connectivity index (χ0) is 18.1. The topological polar surface area (TPSA) is 63.6 Å². The number of ether oxygens (including phenoxy) is 2. The van der Waals surface area contributed by atoms with Crippen LogP contribution in [0.3, 0.4) is 0 Å². The zero-order valence-corrected chi connectivity index (χ0v) is 15.8. The molecule has 3 aliphatic rings. The van der Waals surface area contributed by atoms with Crippen molar-refractivity contribution >= 4 is 17.5 Å². The molecule has 0 amide bonds. The van der Waals surface area contributed by atoms with E-state index in [0.29, 0.717) is 44.6 Å². The summed E-state index contributed by atoms with van der Waals surface area (Å²) in [7, 11) is 0. The maximum absolute atomic E-state index is 13.9. The van der Waals surface area contributed by atoms with E-state index >= 15 is 0 Å². The monoisotopic (exact) mass is 385 g/mol. The van der Waals surface area contributed by atoms with E-state index in [4.69, 9.17) is 21.1 Å². The van der Waals surface area contributed by atoms with Crippen LogP contribution in [0.2, 0.25) is 5.28 Å². The molecule has 0 saturated carbocycles. The van der Waals surface area contributed by atoms with Gasteiger partial charge in [0.2, 0.25) is 11.2 Å². The highest BCUT2D eigenvalue weighted by atomic mass is 35.5. The van der Waals surface area contributed by atoms with Crippen LogP contribution >= 0.6 is 11.6 Å². The van der Waals surface area contributed by atoms with E-state index in [1.165, 1.54) is 0 Å². The lowest BCUT2D eigenvalue weighted by Gasteiger charge is -2.30. The van der Waals surface area contributed by atoms with Gasteiger partial charge in [-0.1, -0.05) is 6.92 Å². The van der Waals surface area contributed by atoms with E-state index in [-0.39, 0.29) is 16.8 Å². The molecule has 1 aromatic heterocycles. The molecular weight excluding hydrogens is 361 g/mol. The summed E-state index contributed by atoms with van der Waals surface area (Å²) in [6.07, 6.45) is 1.75. The Hall–Kier alpha value is -1.25. The second kappa shape index (κ2) is 7.40. The molecule has 0 radical (unpaired) electrons.